The number of rotatable bonds is 6. The van der Waals surface area contributed by atoms with Gasteiger partial charge < -0.3 is 4.43 Å². The topological polar surface area (TPSA) is 9.23 Å². The van der Waals surface area contributed by atoms with Crippen molar-refractivity contribution in [1.29, 1.82) is 0 Å². The Morgan fingerprint density at radius 3 is 1.71 bits per heavy atom. The van der Waals surface area contributed by atoms with Gasteiger partial charge in [-0.2, -0.15) is 12.6 Å². The van der Waals surface area contributed by atoms with Gasteiger partial charge in [0.2, 0.25) is 8.32 Å². The minimum Gasteiger partial charge on any atom is -0.415 e. The van der Waals surface area contributed by atoms with Gasteiger partial charge in [0.1, 0.15) is 0 Å². The summed E-state index contributed by atoms with van der Waals surface area (Å²) in [6.45, 7) is 14.3. The molecule has 0 spiro atoms. The average molecular weight is 234 g/mol. The minimum atomic E-state index is -1.69. The molecule has 1 atom stereocenters. The molecule has 3 heteroatoms. The van der Waals surface area contributed by atoms with Crippen molar-refractivity contribution in [1.82, 2.24) is 0 Å². The van der Waals surface area contributed by atoms with Crippen LogP contribution in [0.5, 0.6) is 0 Å². The molecule has 0 aliphatic heterocycles. The van der Waals surface area contributed by atoms with Gasteiger partial charge >= 0.3 is 0 Å². The van der Waals surface area contributed by atoms with Crippen LogP contribution in [-0.2, 0) is 4.43 Å². The highest BCUT2D eigenvalue weighted by Crippen LogP contribution is 2.39. The molecular weight excluding hydrogens is 208 g/mol. The van der Waals surface area contributed by atoms with Gasteiger partial charge in [-0.1, -0.05) is 34.6 Å². The second kappa shape index (κ2) is 6.18. The molecule has 0 N–H and O–H groups in total. The van der Waals surface area contributed by atoms with Crippen molar-refractivity contribution >= 4 is 20.9 Å². The predicted octanol–water partition coefficient (Wildman–Crippen LogP) is 4.04. The van der Waals surface area contributed by atoms with Crippen LogP contribution in [0.3, 0.4) is 0 Å². The first-order chi connectivity index (χ1) is 6.43. The summed E-state index contributed by atoms with van der Waals surface area (Å²) in [5.41, 5.74) is 1.29. The second-order valence-electron chi connectivity index (χ2n) is 4.52. The summed E-state index contributed by atoms with van der Waals surface area (Å²) < 4.78 is 6.17. The fraction of sp³-hybridized carbons (Fsp3) is 1.00. The molecule has 1 nitrogen and oxygen atoms in total. The van der Waals surface area contributed by atoms with Crippen molar-refractivity contribution < 1.29 is 4.43 Å². The fourth-order valence-electron chi connectivity index (χ4n) is 2.43. The fourth-order valence-corrected chi connectivity index (χ4v) is 9.32. The highest BCUT2D eigenvalue weighted by Gasteiger charge is 2.46. The summed E-state index contributed by atoms with van der Waals surface area (Å²) in [4.78, 5) is 0.461. The van der Waals surface area contributed by atoms with Crippen LogP contribution in [-0.4, -0.2) is 19.8 Å². The molecule has 14 heavy (non-hydrogen) atoms. The third-order valence-corrected chi connectivity index (χ3v) is 10.5. The van der Waals surface area contributed by atoms with Crippen LogP contribution in [0.15, 0.2) is 0 Å². The molecular formula is C11H26OSSi. The van der Waals surface area contributed by atoms with Crippen LogP contribution < -0.4 is 0 Å². The molecule has 0 bridgehead atoms. The molecule has 0 rings (SSSR count). The Morgan fingerprint density at radius 2 is 1.50 bits per heavy atom. The molecule has 0 aromatic carbocycles. The zero-order chi connectivity index (χ0) is 11.4. The summed E-state index contributed by atoms with van der Waals surface area (Å²) in [5.74, 6) is 0. The molecule has 0 aromatic heterocycles. The maximum atomic E-state index is 6.17. The van der Waals surface area contributed by atoms with E-state index < -0.39 is 8.32 Å². The van der Waals surface area contributed by atoms with E-state index in [1.165, 1.54) is 0 Å². The third kappa shape index (κ3) is 2.77. The molecule has 1 unspecified atom stereocenters. The molecule has 86 valence electrons. The lowest BCUT2D eigenvalue weighted by molar-refractivity contribution is 0.302. The lowest BCUT2D eigenvalue weighted by Crippen LogP contribution is -2.53. The molecule has 0 amide bonds. The summed E-state index contributed by atoms with van der Waals surface area (Å²) >= 11 is 4.76. The molecule has 0 aromatic rings. The third-order valence-electron chi connectivity index (χ3n) is 3.11. The number of hydrogen-bond acceptors (Lipinski definition) is 2. The second-order valence-corrected chi connectivity index (χ2v) is 10.6. The van der Waals surface area contributed by atoms with Gasteiger partial charge in [0.05, 0.1) is 0 Å². The zero-order valence-electron chi connectivity index (χ0n) is 10.5. The van der Waals surface area contributed by atoms with Crippen LogP contribution in [0.4, 0.5) is 0 Å². The first-order valence-electron chi connectivity index (χ1n) is 5.75. The van der Waals surface area contributed by atoms with Crippen molar-refractivity contribution in [3.05, 3.63) is 0 Å². The molecule has 0 heterocycles. The van der Waals surface area contributed by atoms with Crippen LogP contribution in [0, 0.1) is 0 Å². The standard InChI is InChI=1S/C11H26OSSi/c1-7-11(13)14(9(3)4,10(5)6)12-8-2/h9-11,13H,7-8H2,1-6H3. The molecule has 0 saturated heterocycles. The SMILES string of the molecule is CCO[Si](C(C)C)(C(C)C)C(S)CC. The van der Waals surface area contributed by atoms with E-state index in [1.54, 1.807) is 0 Å². The molecule has 0 saturated carbocycles. The molecule has 0 aliphatic rings. The Morgan fingerprint density at radius 1 is 1.07 bits per heavy atom. The molecule has 0 radical (unpaired) electrons. The van der Waals surface area contributed by atoms with Crippen LogP contribution in [0.2, 0.25) is 11.1 Å². The highest BCUT2D eigenvalue weighted by molar-refractivity contribution is 7.83. The Bertz CT molecular complexity index is 151. The Kier molecular flexibility index (Phi) is 6.42. The van der Waals surface area contributed by atoms with E-state index in [0.717, 1.165) is 13.0 Å². The van der Waals surface area contributed by atoms with Crippen LogP contribution >= 0.6 is 12.6 Å². The van der Waals surface area contributed by atoms with Gasteiger partial charge in [-0.15, -0.1) is 0 Å². The summed E-state index contributed by atoms with van der Waals surface area (Å²) in [7, 11) is -1.69. The van der Waals surface area contributed by atoms with Gasteiger partial charge in [0.15, 0.2) is 0 Å². The summed E-state index contributed by atoms with van der Waals surface area (Å²) in [6, 6.07) is 0. The largest absolute Gasteiger partial charge is 0.415 e. The van der Waals surface area contributed by atoms with E-state index in [4.69, 9.17) is 17.1 Å². The van der Waals surface area contributed by atoms with E-state index in [-0.39, 0.29) is 0 Å². The summed E-state index contributed by atoms with van der Waals surface area (Å²) in [5, 5.41) is 0. The zero-order valence-corrected chi connectivity index (χ0v) is 12.4. The van der Waals surface area contributed by atoms with Crippen molar-refractivity contribution in [3.8, 4) is 0 Å². The Labute approximate surface area is 96.2 Å². The lowest BCUT2D eigenvalue weighted by atomic mass is 10.5. The number of hydrogen-bond donors (Lipinski definition) is 1. The van der Waals surface area contributed by atoms with E-state index in [9.17, 15) is 0 Å². The van der Waals surface area contributed by atoms with Gasteiger partial charge in [-0.25, -0.2) is 0 Å². The smallest absolute Gasteiger partial charge is 0.210 e. The first-order valence-corrected chi connectivity index (χ1v) is 8.41. The normalized spacial score (nSPS) is 15.2. The van der Waals surface area contributed by atoms with Crippen molar-refractivity contribution in [2.75, 3.05) is 6.61 Å². The maximum Gasteiger partial charge on any atom is 0.210 e. The number of thiol groups is 1. The Balaban J connectivity index is 4.93. The predicted molar refractivity (Wildman–Crippen MR) is 70.6 cm³/mol. The van der Waals surface area contributed by atoms with Crippen molar-refractivity contribution in [2.24, 2.45) is 0 Å². The minimum absolute atomic E-state index is 0.461. The van der Waals surface area contributed by atoms with Crippen LogP contribution in [0.25, 0.3) is 0 Å². The van der Waals surface area contributed by atoms with Gasteiger partial charge in [-0.3, -0.25) is 0 Å². The van der Waals surface area contributed by atoms with Gasteiger partial charge in [0, 0.05) is 11.5 Å². The molecule has 0 aliphatic carbocycles. The van der Waals surface area contributed by atoms with Gasteiger partial charge in [0.25, 0.3) is 0 Å². The first kappa shape index (κ1) is 14.5. The summed E-state index contributed by atoms with van der Waals surface area (Å²) in [6.07, 6.45) is 1.12. The monoisotopic (exact) mass is 234 g/mol. The van der Waals surface area contributed by atoms with E-state index in [2.05, 4.69) is 41.5 Å². The average Bonchev–Trinajstić information content (AvgIpc) is 2.11. The van der Waals surface area contributed by atoms with E-state index in [0.29, 0.717) is 16.0 Å². The quantitative estimate of drug-likeness (QED) is 0.539. The van der Waals surface area contributed by atoms with Crippen molar-refractivity contribution in [3.63, 3.8) is 0 Å². The maximum absolute atomic E-state index is 6.17. The van der Waals surface area contributed by atoms with Crippen LogP contribution in [0.1, 0.15) is 48.0 Å². The Hall–Kier alpha value is 0.527. The molecule has 0 fully saturated rings. The van der Waals surface area contributed by atoms with Gasteiger partial charge in [-0.05, 0) is 24.4 Å². The van der Waals surface area contributed by atoms with E-state index >= 15 is 0 Å². The van der Waals surface area contributed by atoms with E-state index in [1.807, 2.05) is 0 Å². The van der Waals surface area contributed by atoms with Crippen molar-refractivity contribution in [2.45, 2.75) is 63.9 Å². The highest BCUT2D eigenvalue weighted by atomic mass is 32.1. The lowest BCUT2D eigenvalue weighted by Gasteiger charge is -2.42.